The summed E-state index contributed by atoms with van der Waals surface area (Å²) >= 11 is 0. The molecule has 0 unspecified atom stereocenters. The van der Waals surface area contributed by atoms with Gasteiger partial charge in [0.2, 0.25) is 5.82 Å². The topological polar surface area (TPSA) is 88.2 Å². The quantitative estimate of drug-likeness (QED) is 0.571. The van der Waals surface area contributed by atoms with Crippen LogP contribution < -0.4 is 5.32 Å². The van der Waals surface area contributed by atoms with Gasteiger partial charge in [0.1, 0.15) is 0 Å². The van der Waals surface area contributed by atoms with Gasteiger partial charge in [0.15, 0.2) is 0 Å². The molecular formula is C24H27N3O3. The molecular weight excluding hydrogens is 378 g/mol. The number of aliphatic carboxylic acids is 1. The zero-order valence-corrected chi connectivity index (χ0v) is 17.3. The van der Waals surface area contributed by atoms with Crippen molar-refractivity contribution in [2.24, 2.45) is 11.8 Å². The Kier molecular flexibility index (Phi) is 5.95. The van der Waals surface area contributed by atoms with Crippen molar-refractivity contribution in [2.75, 3.05) is 0 Å². The van der Waals surface area contributed by atoms with Crippen LogP contribution in [0.2, 0.25) is 0 Å². The molecule has 1 fully saturated rings. The lowest BCUT2D eigenvalue weighted by atomic mass is 9.80. The predicted molar refractivity (Wildman–Crippen MR) is 115 cm³/mol. The minimum Gasteiger partial charge on any atom is -0.481 e. The van der Waals surface area contributed by atoms with Gasteiger partial charge in [-0.3, -0.25) is 4.79 Å². The Labute approximate surface area is 176 Å². The van der Waals surface area contributed by atoms with E-state index in [1.165, 1.54) is 5.56 Å². The summed E-state index contributed by atoms with van der Waals surface area (Å²) in [4.78, 5) is 15.4. The van der Waals surface area contributed by atoms with Crippen LogP contribution in [0.5, 0.6) is 0 Å². The van der Waals surface area contributed by atoms with Gasteiger partial charge in [0.25, 0.3) is 5.89 Å². The number of carbonyl (C=O) groups is 1. The lowest BCUT2D eigenvalue weighted by Gasteiger charge is -2.33. The van der Waals surface area contributed by atoms with Gasteiger partial charge in [-0.05, 0) is 48.4 Å². The van der Waals surface area contributed by atoms with Gasteiger partial charge < -0.3 is 14.9 Å². The molecule has 1 aromatic heterocycles. The molecule has 1 aliphatic rings. The lowest BCUT2D eigenvalue weighted by Crippen LogP contribution is -2.43. The fraction of sp³-hybridized carbons (Fsp3) is 0.375. The van der Waals surface area contributed by atoms with E-state index in [0.29, 0.717) is 30.5 Å². The zero-order chi connectivity index (χ0) is 21.1. The summed E-state index contributed by atoms with van der Waals surface area (Å²) in [7, 11) is 0. The molecule has 156 valence electrons. The van der Waals surface area contributed by atoms with E-state index in [2.05, 4.69) is 41.4 Å². The Bertz CT molecular complexity index is 987. The van der Waals surface area contributed by atoms with Gasteiger partial charge in [-0.1, -0.05) is 55.4 Å². The summed E-state index contributed by atoms with van der Waals surface area (Å²) in [6.45, 7) is 5.14. The number of nitrogens with one attached hydrogen (secondary N) is 1. The summed E-state index contributed by atoms with van der Waals surface area (Å²) in [6.07, 6.45) is 2.47. The third-order valence-corrected chi connectivity index (χ3v) is 5.57. The van der Waals surface area contributed by atoms with E-state index >= 15 is 0 Å². The monoisotopic (exact) mass is 405 g/mol. The molecule has 0 atom stereocenters. The Hall–Kier alpha value is -2.99. The van der Waals surface area contributed by atoms with E-state index in [1.807, 2.05) is 36.4 Å². The van der Waals surface area contributed by atoms with Crippen molar-refractivity contribution in [1.29, 1.82) is 0 Å². The SMILES string of the molecule is CC(C)Cc1ccc(-c2noc(-c3ccc(CNC4CC(C(=O)O)C4)cc3)n2)cc1. The van der Waals surface area contributed by atoms with Gasteiger partial charge >= 0.3 is 5.97 Å². The van der Waals surface area contributed by atoms with Crippen molar-refractivity contribution < 1.29 is 14.4 Å². The number of carboxylic acids is 1. The van der Waals surface area contributed by atoms with E-state index in [9.17, 15) is 4.79 Å². The number of nitrogens with zero attached hydrogens (tertiary/aromatic N) is 2. The molecule has 0 spiro atoms. The molecule has 30 heavy (non-hydrogen) atoms. The Morgan fingerprint density at radius 2 is 1.70 bits per heavy atom. The summed E-state index contributed by atoms with van der Waals surface area (Å²) in [5, 5.41) is 16.5. The van der Waals surface area contributed by atoms with E-state index in [0.717, 1.165) is 29.7 Å². The molecule has 1 aliphatic carbocycles. The maximum absolute atomic E-state index is 10.9. The van der Waals surface area contributed by atoms with Crippen LogP contribution in [0.25, 0.3) is 22.8 Å². The largest absolute Gasteiger partial charge is 0.481 e. The van der Waals surface area contributed by atoms with Gasteiger partial charge in [-0.25, -0.2) is 0 Å². The van der Waals surface area contributed by atoms with Crippen LogP contribution >= 0.6 is 0 Å². The maximum Gasteiger partial charge on any atom is 0.306 e. The van der Waals surface area contributed by atoms with Gasteiger partial charge in [0, 0.05) is 23.7 Å². The first kappa shape index (κ1) is 20.3. The minimum absolute atomic E-state index is 0.192. The van der Waals surface area contributed by atoms with E-state index in [4.69, 9.17) is 9.63 Å². The fourth-order valence-corrected chi connectivity index (χ4v) is 3.73. The molecule has 2 N–H and O–H groups in total. The number of rotatable bonds is 8. The molecule has 0 saturated heterocycles. The third kappa shape index (κ3) is 4.76. The molecule has 3 aromatic rings. The van der Waals surface area contributed by atoms with Gasteiger partial charge in [-0.2, -0.15) is 4.98 Å². The van der Waals surface area contributed by atoms with Crippen LogP contribution in [0.4, 0.5) is 0 Å². The first-order valence-corrected chi connectivity index (χ1v) is 10.5. The lowest BCUT2D eigenvalue weighted by molar-refractivity contribution is -0.145. The van der Waals surface area contributed by atoms with E-state index < -0.39 is 5.97 Å². The predicted octanol–water partition coefficient (Wildman–Crippen LogP) is 4.55. The molecule has 0 radical (unpaired) electrons. The first-order chi connectivity index (χ1) is 14.5. The standard InChI is InChI=1S/C24H27N3O3/c1-15(2)11-16-3-7-18(8-4-16)22-26-23(30-27-22)19-9-5-17(6-10-19)14-25-21-12-20(13-21)24(28)29/h3-10,15,20-21,25H,11-14H2,1-2H3,(H,28,29). The summed E-state index contributed by atoms with van der Waals surface area (Å²) in [6, 6.07) is 16.6. The van der Waals surface area contributed by atoms with Crippen molar-refractivity contribution in [1.82, 2.24) is 15.5 Å². The second-order valence-electron chi connectivity index (χ2n) is 8.50. The second-order valence-corrected chi connectivity index (χ2v) is 8.50. The highest BCUT2D eigenvalue weighted by atomic mass is 16.5. The average molecular weight is 405 g/mol. The minimum atomic E-state index is -0.692. The molecule has 1 heterocycles. The van der Waals surface area contributed by atoms with Crippen LogP contribution in [0.3, 0.4) is 0 Å². The van der Waals surface area contributed by atoms with E-state index in [-0.39, 0.29) is 12.0 Å². The third-order valence-electron chi connectivity index (χ3n) is 5.57. The highest BCUT2D eigenvalue weighted by molar-refractivity contribution is 5.71. The van der Waals surface area contributed by atoms with Crippen LogP contribution in [0.15, 0.2) is 53.1 Å². The van der Waals surface area contributed by atoms with Crippen LogP contribution in [0, 0.1) is 11.8 Å². The number of benzene rings is 2. The van der Waals surface area contributed by atoms with Crippen molar-refractivity contribution in [3.05, 3.63) is 59.7 Å². The van der Waals surface area contributed by atoms with Crippen molar-refractivity contribution >= 4 is 5.97 Å². The van der Waals surface area contributed by atoms with Crippen molar-refractivity contribution in [3.8, 4) is 22.8 Å². The van der Waals surface area contributed by atoms with Crippen LogP contribution in [0.1, 0.15) is 37.8 Å². The highest BCUT2D eigenvalue weighted by Crippen LogP contribution is 2.28. The average Bonchev–Trinajstić information content (AvgIpc) is 3.17. The molecule has 6 heteroatoms. The van der Waals surface area contributed by atoms with Gasteiger partial charge in [0.05, 0.1) is 5.92 Å². The Balaban J connectivity index is 1.35. The summed E-state index contributed by atoms with van der Waals surface area (Å²) in [5.41, 5.74) is 4.27. The van der Waals surface area contributed by atoms with Crippen molar-refractivity contribution in [2.45, 2.75) is 45.7 Å². The smallest absolute Gasteiger partial charge is 0.306 e. The number of hydrogen-bond acceptors (Lipinski definition) is 5. The molecule has 2 aromatic carbocycles. The molecule has 4 rings (SSSR count). The number of hydrogen-bond donors (Lipinski definition) is 2. The normalized spacial score (nSPS) is 18.4. The fourth-order valence-electron chi connectivity index (χ4n) is 3.73. The summed E-state index contributed by atoms with van der Waals surface area (Å²) in [5.74, 6) is 0.830. The van der Waals surface area contributed by atoms with Gasteiger partial charge in [-0.15, -0.1) is 0 Å². The molecule has 6 nitrogen and oxygen atoms in total. The first-order valence-electron chi connectivity index (χ1n) is 10.5. The Morgan fingerprint density at radius 1 is 1.07 bits per heavy atom. The van der Waals surface area contributed by atoms with Crippen LogP contribution in [-0.2, 0) is 17.8 Å². The zero-order valence-electron chi connectivity index (χ0n) is 17.3. The summed E-state index contributed by atoms with van der Waals surface area (Å²) < 4.78 is 5.47. The molecule has 0 aliphatic heterocycles. The van der Waals surface area contributed by atoms with E-state index in [1.54, 1.807) is 0 Å². The molecule has 0 amide bonds. The molecule has 1 saturated carbocycles. The second kappa shape index (κ2) is 8.79. The van der Waals surface area contributed by atoms with Crippen molar-refractivity contribution in [3.63, 3.8) is 0 Å². The number of carboxylic acid groups (broad SMARTS) is 1. The highest BCUT2D eigenvalue weighted by Gasteiger charge is 2.33. The maximum atomic E-state index is 10.9. The van der Waals surface area contributed by atoms with Crippen LogP contribution in [-0.4, -0.2) is 27.3 Å². The number of aromatic nitrogens is 2. The Morgan fingerprint density at radius 3 is 2.33 bits per heavy atom. The molecule has 0 bridgehead atoms.